The molecule has 1 heterocycles. The second-order valence-electron chi connectivity index (χ2n) is 4.07. The summed E-state index contributed by atoms with van der Waals surface area (Å²) in [6.45, 7) is 6.02. The van der Waals surface area contributed by atoms with E-state index in [-0.39, 0.29) is 17.2 Å². The molecule has 0 amide bonds. The van der Waals surface area contributed by atoms with Crippen LogP contribution >= 0.6 is 11.8 Å². The van der Waals surface area contributed by atoms with Crippen LogP contribution < -0.4 is 9.47 Å². The van der Waals surface area contributed by atoms with Crippen LogP contribution in [0.15, 0.2) is 12.1 Å². The average Bonchev–Trinajstić information content (AvgIpc) is 2.71. The first-order valence-corrected chi connectivity index (χ1v) is 6.57. The van der Waals surface area contributed by atoms with Crippen LogP contribution in [0.1, 0.15) is 36.6 Å². The lowest BCUT2D eigenvalue weighted by Crippen LogP contribution is -1.99. The molecule has 3 nitrogen and oxygen atoms in total. The average molecular weight is 252 g/mol. The van der Waals surface area contributed by atoms with Crippen molar-refractivity contribution < 1.29 is 14.3 Å². The maximum atomic E-state index is 11.2. The maximum Gasteiger partial charge on any atom is 0.231 e. The molecule has 4 heteroatoms. The molecule has 0 spiro atoms. The monoisotopic (exact) mass is 252 g/mol. The fourth-order valence-electron chi connectivity index (χ4n) is 1.97. The van der Waals surface area contributed by atoms with E-state index in [0.717, 1.165) is 29.0 Å². The van der Waals surface area contributed by atoms with Crippen molar-refractivity contribution in [3.05, 3.63) is 23.3 Å². The van der Waals surface area contributed by atoms with E-state index in [4.69, 9.17) is 9.47 Å². The van der Waals surface area contributed by atoms with Crippen molar-refractivity contribution >= 4 is 16.9 Å². The molecule has 0 aromatic heterocycles. The molecule has 1 unspecified atom stereocenters. The van der Waals surface area contributed by atoms with Crippen LogP contribution in [-0.2, 0) is 4.79 Å². The minimum atomic E-state index is 0.147. The zero-order valence-corrected chi connectivity index (χ0v) is 11.1. The molecule has 0 fully saturated rings. The molecule has 0 radical (unpaired) electrons. The predicted molar refractivity (Wildman–Crippen MR) is 68.6 cm³/mol. The highest BCUT2D eigenvalue weighted by Crippen LogP contribution is 2.41. The number of carbonyl (C=O) groups excluding carboxylic acids is 1. The van der Waals surface area contributed by atoms with Crippen LogP contribution in [0, 0.1) is 6.92 Å². The van der Waals surface area contributed by atoms with Crippen molar-refractivity contribution in [3.63, 3.8) is 0 Å². The van der Waals surface area contributed by atoms with Gasteiger partial charge in [-0.2, -0.15) is 0 Å². The van der Waals surface area contributed by atoms with Crippen LogP contribution in [0.3, 0.4) is 0 Å². The molecule has 92 valence electrons. The molecular formula is C13H16O3S. The molecular weight excluding hydrogens is 236 g/mol. The molecule has 0 saturated heterocycles. The minimum Gasteiger partial charge on any atom is -0.454 e. The second kappa shape index (κ2) is 5.00. The first kappa shape index (κ1) is 12.3. The van der Waals surface area contributed by atoms with E-state index in [1.54, 1.807) is 6.92 Å². The molecule has 1 atom stereocenters. The van der Waals surface area contributed by atoms with Gasteiger partial charge in [-0.25, -0.2) is 0 Å². The van der Waals surface area contributed by atoms with Crippen molar-refractivity contribution in [2.24, 2.45) is 0 Å². The number of hydrogen-bond acceptors (Lipinski definition) is 4. The minimum absolute atomic E-state index is 0.147. The van der Waals surface area contributed by atoms with E-state index in [1.807, 2.05) is 19.1 Å². The largest absolute Gasteiger partial charge is 0.454 e. The number of fused-ring (bicyclic) bond motifs is 1. The highest BCUT2D eigenvalue weighted by molar-refractivity contribution is 8.13. The number of benzene rings is 1. The van der Waals surface area contributed by atoms with E-state index in [0.29, 0.717) is 0 Å². The number of rotatable bonds is 3. The summed E-state index contributed by atoms with van der Waals surface area (Å²) in [5.41, 5.74) is 2.31. The van der Waals surface area contributed by atoms with E-state index in [2.05, 4.69) is 6.92 Å². The van der Waals surface area contributed by atoms with Crippen molar-refractivity contribution in [3.8, 4) is 11.5 Å². The van der Waals surface area contributed by atoms with Crippen molar-refractivity contribution in [2.45, 2.75) is 32.4 Å². The van der Waals surface area contributed by atoms with Gasteiger partial charge in [-0.1, -0.05) is 18.7 Å². The van der Waals surface area contributed by atoms with Crippen LogP contribution in [0.5, 0.6) is 11.5 Å². The van der Waals surface area contributed by atoms with Gasteiger partial charge in [-0.3, -0.25) is 4.79 Å². The fourth-order valence-corrected chi connectivity index (χ4v) is 2.92. The molecule has 1 aromatic rings. The van der Waals surface area contributed by atoms with E-state index in [9.17, 15) is 4.79 Å². The first-order valence-electron chi connectivity index (χ1n) is 5.69. The third-order valence-corrected chi connectivity index (χ3v) is 3.99. The highest BCUT2D eigenvalue weighted by Gasteiger charge is 2.21. The Balaban J connectivity index is 2.33. The Morgan fingerprint density at radius 3 is 2.65 bits per heavy atom. The lowest BCUT2D eigenvalue weighted by Gasteiger charge is -2.16. The number of carbonyl (C=O) groups is 1. The van der Waals surface area contributed by atoms with E-state index in [1.165, 1.54) is 11.8 Å². The van der Waals surface area contributed by atoms with Gasteiger partial charge < -0.3 is 9.47 Å². The number of aryl methyl sites for hydroxylation is 1. The standard InChI is InChI=1S/C13H16O3S/c1-4-13(17-9(3)14)10-6-12-11(5-8(10)2)15-7-16-12/h5-6,13H,4,7H2,1-3H3. The summed E-state index contributed by atoms with van der Waals surface area (Å²) >= 11 is 1.38. The summed E-state index contributed by atoms with van der Waals surface area (Å²) in [6.07, 6.45) is 0.921. The quantitative estimate of drug-likeness (QED) is 0.825. The van der Waals surface area contributed by atoms with Gasteiger partial charge in [0.05, 0.1) is 0 Å². The number of thioether (sulfide) groups is 1. The van der Waals surface area contributed by atoms with Gasteiger partial charge in [-0.05, 0) is 36.6 Å². The summed E-state index contributed by atoms with van der Waals surface area (Å²) < 4.78 is 10.7. The Hall–Kier alpha value is -1.16. The van der Waals surface area contributed by atoms with Crippen LogP contribution in [-0.4, -0.2) is 11.9 Å². The molecule has 0 N–H and O–H groups in total. The summed E-state index contributed by atoms with van der Waals surface area (Å²) in [5.74, 6) is 1.59. The summed E-state index contributed by atoms with van der Waals surface area (Å²) in [7, 11) is 0. The predicted octanol–water partition coefficient (Wildman–Crippen LogP) is 3.45. The molecule has 1 aliphatic heterocycles. The Bertz CT molecular complexity index is 443. The number of ether oxygens (including phenoxy) is 2. The van der Waals surface area contributed by atoms with Gasteiger partial charge in [0.2, 0.25) is 6.79 Å². The second-order valence-corrected chi connectivity index (χ2v) is 5.45. The molecule has 17 heavy (non-hydrogen) atoms. The SMILES string of the molecule is CCC(SC(C)=O)c1cc2c(cc1C)OCO2. The molecule has 0 saturated carbocycles. The first-order chi connectivity index (χ1) is 8.11. The van der Waals surface area contributed by atoms with Crippen molar-refractivity contribution in [2.75, 3.05) is 6.79 Å². The van der Waals surface area contributed by atoms with E-state index >= 15 is 0 Å². The highest BCUT2D eigenvalue weighted by atomic mass is 32.2. The fraction of sp³-hybridized carbons (Fsp3) is 0.462. The number of hydrogen-bond donors (Lipinski definition) is 0. The smallest absolute Gasteiger partial charge is 0.231 e. The van der Waals surface area contributed by atoms with Gasteiger partial charge >= 0.3 is 0 Å². The summed E-state index contributed by atoms with van der Waals surface area (Å²) in [4.78, 5) is 11.2. The van der Waals surface area contributed by atoms with Gasteiger partial charge in [0.15, 0.2) is 16.6 Å². The van der Waals surface area contributed by atoms with Gasteiger partial charge in [0.25, 0.3) is 0 Å². The topological polar surface area (TPSA) is 35.5 Å². The molecule has 1 aliphatic rings. The van der Waals surface area contributed by atoms with Crippen LogP contribution in [0.25, 0.3) is 0 Å². The third kappa shape index (κ3) is 2.57. The van der Waals surface area contributed by atoms with Crippen LogP contribution in [0.4, 0.5) is 0 Å². The van der Waals surface area contributed by atoms with Gasteiger partial charge in [0.1, 0.15) is 0 Å². The van der Waals surface area contributed by atoms with Crippen LogP contribution in [0.2, 0.25) is 0 Å². The van der Waals surface area contributed by atoms with Crippen molar-refractivity contribution in [1.82, 2.24) is 0 Å². The molecule has 0 bridgehead atoms. The Kier molecular flexibility index (Phi) is 3.62. The van der Waals surface area contributed by atoms with E-state index < -0.39 is 0 Å². The summed E-state index contributed by atoms with van der Waals surface area (Å²) in [6, 6.07) is 3.99. The zero-order chi connectivity index (χ0) is 12.4. The molecule has 2 rings (SSSR count). The third-order valence-electron chi connectivity index (χ3n) is 2.79. The maximum absolute atomic E-state index is 11.2. The Morgan fingerprint density at radius 1 is 1.41 bits per heavy atom. The normalized spacial score (nSPS) is 14.8. The Labute approximate surface area is 105 Å². The zero-order valence-electron chi connectivity index (χ0n) is 10.3. The molecule has 1 aromatic carbocycles. The van der Waals surface area contributed by atoms with Gasteiger partial charge in [0, 0.05) is 12.2 Å². The lowest BCUT2D eigenvalue weighted by atomic mass is 10.0. The Morgan fingerprint density at radius 2 is 2.06 bits per heavy atom. The summed E-state index contributed by atoms with van der Waals surface area (Å²) in [5, 5.41) is 0.343. The van der Waals surface area contributed by atoms with Crippen molar-refractivity contribution in [1.29, 1.82) is 0 Å². The lowest BCUT2D eigenvalue weighted by molar-refractivity contribution is -0.109. The van der Waals surface area contributed by atoms with Gasteiger partial charge in [-0.15, -0.1) is 0 Å². The molecule has 0 aliphatic carbocycles.